The van der Waals surface area contributed by atoms with E-state index in [1.165, 1.54) is 46.5 Å². The molecular weight excluding hydrogens is 389 g/mol. The van der Waals surface area contributed by atoms with E-state index in [4.69, 9.17) is 0 Å². The van der Waals surface area contributed by atoms with Gasteiger partial charge in [-0.15, -0.1) is 0 Å². The molecule has 0 amide bonds. The highest BCUT2D eigenvalue weighted by Gasteiger charge is 2.28. The number of esters is 1. The Morgan fingerprint density at radius 2 is 1.68 bits per heavy atom. The van der Waals surface area contributed by atoms with Gasteiger partial charge in [0.05, 0.1) is 28.7 Å². The van der Waals surface area contributed by atoms with Gasteiger partial charge in [0.1, 0.15) is 12.4 Å². The number of anilines is 1. The highest BCUT2D eigenvalue weighted by Crippen LogP contribution is 2.26. The summed E-state index contributed by atoms with van der Waals surface area (Å²) in [5.74, 6) is -1.32. The van der Waals surface area contributed by atoms with Crippen molar-refractivity contribution in [2.24, 2.45) is 14.1 Å². The Morgan fingerprint density at radius 3 is 2.29 bits per heavy atom. The van der Waals surface area contributed by atoms with Gasteiger partial charge >= 0.3 is 11.7 Å². The number of benzene rings is 2. The molecule has 1 aromatic heterocycles. The second-order valence-electron chi connectivity index (χ2n) is 6.12. The minimum absolute atomic E-state index is 0.105. The van der Waals surface area contributed by atoms with Crippen molar-refractivity contribution in [3.05, 3.63) is 58.8 Å². The average Bonchev–Trinajstić information content (AvgIpc) is 2.90. The summed E-state index contributed by atoms with van der Waals surface area (Å²) in [6, 6.07) is 8.94. The van der Waals surface area contributed by atoms with Crippen molar-refractivity contribution < 1.29 is 22.3 Å². The second-order valence-corrected chi connectivity index (χ2v) is 7.98. The zero-order chi connectivity index (χ0) is 20.6. The number of sulfonamides is 1. The Morgan fingerprint density at radius 1 is 1.07 bits per heavy atom. The Labute approximate surface area is 160 Å². The molecule has 28 heavy (non-hydrogen) atoms. The van der Waals surface area contributed by atoms with Crippen LogP contribution in [0.3, 0.4) is 0 Å². The molecule has 2 aromatic carbocycles. The first-order valence-corrected chi connectivity index (χ1v) is 9.61. The molecular formula is C18H18FN3O5S. The van der Waals surface area contributed by atoms with Crippen molar-refractivity contribution >= 4 is 32.7 Å². The third-order valence-electron chi connectivity index (χ3n) is 4.45. The van der Waals surface area contributed by atoms with Gasteiger partial charge in [0.25, 0.3) is 10.0 Å². The molecule has 0 bridgehead atoms. The summed E-state index contributed by atoms with van der Waals surface area (Å²) in [6.45, 7) is -0.587. The van der Waals surface area contributed by atoms with Crippen LogP contribution < -0.4 is 9.99 Å². The minimum atomic E-state index is -4.20. The van der Waals surface area contributed by atoms with Crippen LogP contribution in [0, 0.1) is 5.82 Å². The van der Waals surface area contributed by atoms with Crippen LogP contribution in [0.15, 0.2) is 52.2 Å². The lowest BCUT2D eigenvalue weighted by molar-refractivity contribution is -0.138. The Kier molecular flexibility index (Phi) is 4.99. The Bertz CT molecular complexity index is 1210. The van der Waals surface area contributed by atoms with E-state index in [2.05, 4.69) is 4.74 Å². The number of methoxy groups -OCH3 is 1. The molecule has 0 saturated carbocycles. The zero-order valence-corrected chi connectivity index (χ0v) is 16.2. The summed E-state index contributed by atoms with van der Waals surface area (Å²) in [7, 11) is 0.0631. The first kappa shape index (κ1) is 19.6. The molecule has 0 aliphatic carbocycles. The van der Waals surface area contributed by atoms with Crippen LogP contribution in [0.1, 0.15) is 0 Å². The van der Waals surface area contributed by atoms with Gasteiger partial charge in [0.2, 0.25) is 0 Å². The lowest BCUT2D eigenvalue weighted by atomic mass is 10.3. The maximum atomic E-state index is 13.3. The molecule has 10 heteroatoms. The third kappa shape index (κ3) is 3.26. The number of ether oxygens (including phenoxy) is 1. The number of hydrogen-bond donors (Lipinski definition) is 0. The van der Waals surface area contributed by atoms with E-state index in [1.54, 1.807) is 7.05 Å². The number of imidazole rings is 1. The number of nitrogens with zero attached hydrogens (tertiary/aromatic N) is 3. The van der Waals surface area contributed by atoms with Crippen LogP contribution in [0.2, 0.25) is 0 Å². The van der Waals surface area contributed by atoms with Crippen molar-refractivity contribution in [1.29, 1.82) is 0 Å². The lowest BCUT2D eigenvalue weighted by Gasteiger charge is -2.23. The molecule has 0 fully saturated rings. The van der Waals surface area contributed by atoms with Gasteiger partial charge in [-0.1, -0.05) is 0 Å². The molecule has 0 radical (unpaired) electrons. The lowest BCUT2D eigenvalue weighted by Crippen LogP contribution is -2.36. The summed E-state index contributed by atoms with van der Waals surface area (Å²) >= 11 is 0. The van der Waals surface area contributed by atoms with Gasteiger partial charge in [-0.25, -0.2) is 17.6 Å². The first-order valence-electron chi connectivity index (χ1n) is 8.17. The van der Waals surface area contributed by atoms with Gasteiger partial charge in [-0.2, -0.15) is 0 Å². The van der Waals surface area contributed by atoms with E-state index in [0.29, 0.717) is 11.0 Å². The van der Waals surface area contributed by atoms with Gasteiger partial charge in [0.15, 0.2) is 0 Å². The summed E-state index contributed by atoms with van der Waals surface area (Å²) < 4.78 is 47.9. The third-order valence-corrected chi connectivity index (χ3v) is 6.22. The van der Waals surface area contributed by atoms with E-state index >= 15 is 0 Å². The molecule has 1 heterocycles. The van der Waals surface area contributed by atoms with Crippen LogP contribution in [-0.4, -0.2) is 37.2 Å². The number of halogens is 1. The minimum Gasteiger partial charge on any atom is -0.468 e. The predicted molar refractivity (Wildman–Crippen MR) is 101 cm³/mol. The molecule has 0 aliphatic heterocycles. The highest BCUT2D eigenvalue weighted by atomic mass is 32.2. The van der Waals surface area contributed by atoms with E-state index in [9.17, 15) is 22.4 Å². The molecule has 0 saturated heterocycles. The number of rotatable bonds is 5. The van der Waals surface area contributed by atoms with Gasteiger partial charge in [-0.3, -0.25) is 18.2 Å². The van der Waals surface area contributed by atoms with E-state index in [-0.39, 0.29) is 16.3 Å². The number of fused-ring (bicyclic) bond motifs is 1. The summed E-state index contributed by atoms with van der Waals surface area (Å²) in [6.07, 6.45) is 0. The molecule has 0 unspecified atom stereocenters. The zero-order valence-electron chi connectivity index (χ0n) is 15.4. The molecule has 0 aliphatic rings. The predicted octanol–water partition coefficient (Wildman–Crippen LogP) is 1.38. The average molecular weight is 407 g/mol. The number of carbonyl (C=O) groups is 1. The smallest absolute Gasteiger partial charge is 0.328 e. The van der Waals surface area contributed by atoms with Crippen LogP contribution in [0.25, 0.3) is 11.0 Å². The van der Waals surface area contributed by atoms with Gasteiger partial charge in [0, 0.05) is 14.1 Å². The number of carbonyl (C=O) groups excluding carboxylic acids is 1. The second kappa shape index (κ2) is 7.12. The van der Waals surface area contributed by atoms with Crippen LogP contribution in [-0.2, 0) is 33.7 Å². The maximum absolute atomic E-state index is 13.3. The van der Waals surface area contributed by atoms with Crippen molar-refractivity contribution in [2.45, 2.75) is 4.90 Å². The molecule has 8 nitrogen and oxygen atoms in total. The molecule has 148 valence electrons. The summed E-state index contributed by atoms with van der Waals surface area (Å²) in [5.41, 5.74) is 0.793. The number of hydrogen-bond acceptors (Lipinski definition) is 5. The topological polar surface area (TPSA) is 90.6 Å². The molecule has 0 N–H and O–H groups in total. The molecule has 0 atom stereocenters. The molecule has 3 rings (SSSR count). The van der Waals surface area contributed by atoms with E-state index < -0.39 is 28.4 Å². The fraction of sp³-hybridized carbons (Fsp3) is 0.222. The fourth-order valence-electron chi connectivity index (χ4n) is 2.88. The number of aromatic nitrogens is 2. The summed E-state index contributed by atoms with van der Waals surface area (Å²) in [4.78, 5) is 23.8. The van der Waals surface area contributed by atoms with Crippen LogP contribution in [0.5, 0.6) is 0 Å². The van der Waals surface area contributed by atoms with Gasteiger partial charge in [-0.05, 0) is 42.5 Å². The number of aryl methyl sites for hydroxylation is 2. The largest absolute Gasteiger partial charge is 0.468 e. The Balaban J connectivity index is 2.16. The normalized spacial score (nSPS) is 11.6. The molecule has 0 spiro atoms. The van der Waals surface area contributed by atoms with Crippen molar-refractivity contribution in [3.8, 4) is 0 Å². The standard InChI is InChI=1S/C18H18FN3O5S/c1-20-15-9-8-14(10-16(15)21(2)18(20)24)28(25,26)22(11-17(23)27-3)13-6-4-12(19)5-7-13/h4-10H,11H2,1-3H3. The monoisotopic (exact) mass is 407 g/mol. The fourth-order valence-corrected chi connectivity index (χ4v) is 4.31. The van der Waals surface area contributed by atoms with Crippen LogP contribution >= 0.6 is 0 Å². The van der Waals surface area contributed by atoms with E-state index in [1.807, 2.05) is 0 Å². The summed E-state index contributed by atoms with van der Waals surface area (Å²) in [5, 5.41) is 0. The van der Waals surface area contributed by atoms with Crippen molar-refractivity contribution in [3.63, 3.8) is 0 Å². The quantitative estimate of drug-likeness (QED) is 0.596. The van der Waals surface area contributed by atoms with Crippen LogP contribution in [0.4, 0.5) is 10.1 Å². The highest BCUT2D eigenvalue weighted by molar-refractivity contribution is 7.92. The molecule has 3 aromatic rings. The Hall–Kier alpha value is -3.14. The van der Waals surface area contributed by atoms with E-state index in [0.717, 1.165) is 23.5 Å². The van der Waals surface area contributed by atoms with Crippen molar-refractivity contribution in [2.75, 3.05) is 18.0 Å². The van der Waals surface area contributed by atoms with Gasteiger partial charge < -0.3 is 4.74 Å². The first-order chi connectivity index (χ1) is 13.2. The maximum Gasteiger partial charge on any atom is 0.328 e. The SMILES string of the molecule is COC(=O)CN(c1ccc(F)cc1)S(=O)(=O)c1ccc2c(c1)n(C)c(=O)n2C. The van der Waals surface area contributed by atoms with Crippen molar-refractivity contribution in [1.82, 2.24) is 9.13 Å².